The number of amides is 1. The van der Waals surface area contributed by atoms with Crippen molar-refractivity contribution in [2.75, 3.05) is 6.54 Å². The topological polar surface area (TPSA) is 95.6 Å². The molecular formula is C19H30N2O3. The summed E-state index contributed by atoms with van der Waals surface area (Å²) in [7, 11) is 0. The highest BCUT2D eigenvalue weighted by Crippen LogP contribution is 2.28. The molecule has 24 heavy (non-hydrogen) atoms. The number of carbonyl (C=O) groups excluding carboxylic acids is 1. The number of phenols is 1. The average molecular weight is 334 g/mol. The van der Waals surface area contributed by atoms with Gasteiger partial charge in [-0.3, -0.25) is 4.79 Å². The van der Waals surface area contributed by atoms with Crippen LogP contribution in [0, 0.1) is 5.92 Å². The summed E-state index contributed by atoms with van der Waals surface area (Å²) in [4.78, 5) is 11.3. The van der Waals surface area contributed by atoms with Gasteiger partial charge in [0.1, 0.15) is 5.75 Å². The van der Waals surface area contributed by atoms with Crippen LogP contribution in [0.4, 0.5) is 0 Å². The Morgan fingerprint density at radius 3 is 2.71 bits per heavy atom. The second-order valence-corrected chi connectivity index (χ2v) is 7.05. The van der Waals surface area contributed by atoms with E-state index in [0.29, 0.717) is 18.2 Å². The molecule has 0 heterocycles. The Labute approximate surface area is 144 Å². The molecule has 1 aliphatic carbocycles. The number of hydrogen-bond acceptors (Lipinski definition) is 4. The molecule has 1 amide bonds. The van der Waals surface area contributed by atoms with Crippen molar-refractivity contribution >= 4 is 5.91 Å². The highest BCUT2D eigenvalue weighted by molar-refractivity contribution is 5.95. The third-order valence-corrected chi connectivity index (χ3v) is 5.06. The molecule has 1 fully saturated rings. The number of nitrogens with two attached hydrogens (primary N) is 1. The van der Waals surface area contributed by atoms with E-state index in [0.717, 1.165) is 12.3 Å². The molecule has 0 aromatic heterocycles. The summed E-state index contributed by atoms with van der Waals surface area (Å²) in [5, 5.41) is 23.2. The lowest BCUT2D eigenvalue weighted by molar-refractivity contribution is 0.0997. The van der Waals surface area contributed by atoms with Gasteiger partial charge in [0.25, 0.3) is 5.91 Å². The zero-order valence-electron chi connectivity index (χ0n) is 14.5. The summed E-state index contributed by atoms with van der Waals surface area (Å²) in [6.45, 7) is 2.55. The van der Waals surface area contributed by atoms with Crippen LogP contribution in [0.15, 0.2) is 18.2 Å². The van der Waals surface area contributed by atoms with Crippen molar-refractivity contribution < 1.29 is 15.0 Å². The van der Waals surface area contributed by atoms with Crippen LogP contribution in [-0.2, 0) is 0 Å². The molecule has 1 aliphatic rings. The molecule has 0 bridgehead atoms. The van der Waals surface area contributed by atoms with E-state index < -0.39 is 12.0 Å². The van der Waals surface area contributed by atoms with Crippen molar-refractivity contribution in [1.29, 1.82) is 0 Å². The zero-order chi connectivity index (χ0) is 17.5. The van der Waals surface area contributed by atoms with Gasteiger partial charge in [0.05, 0.1) is 11.7 Å². The van der Waals surface area contributed by atoms with Crippen LogP contribution >= 0.6 is 0 Å². The Morgan fingerprint density at radius 1 is 1.33 bits per heavy atom. The van der Waals surface area contributed by atoms with Gasteiger partial charge < -0.3 is 21.3 Å². The standard InChI is InChI=1S/C19H30N2O3/c1-13(7-8-14-5-3-2-4-6-14)21-12-18(23)15-9-10-17(22)16(11-15)19(20)24/h9-11,13-14,18,21-23H,2-8,12H2,1H3,(H2,20,24)/t13?,18-/m0/s1. The molecule has 0 radical (unpaired) electrons. The Balaban J connectivity index is 1.78. The van der Waals surface area contributed by atoms with Gasteiger partial charge in [-0.15, -0.1) is 0 Å². The number of benzene rings is 1. The molecule has 5 N–H and O–H groups in total. The number of primary amides is 1. The minimum Gasteiger partial charge on any atom is -0.507 e. The number of hydrogen-bond donors (Lipinski definition) is 4. The van der Waals surface area contributed by atoms with Crippen LogP contribution < -0.4 is 11.1 Å². The lowest BCUT2D eigenvalue weighted by Gasteiger charge is -2.24. The molecule has 134 valence electrons. The van der Waals surface area contributed by atoms with Crippen LogP contribution in [0.25, 0.3) is 0 Å². The van der Waals surface area contributed by atoms with Crippen molar-refractivity contribution in [2.24, 2.45) is 11.7 Å². The van der Waals surface area contributed by atoms with Gasteiger partial charge in [-0.2, -0.15) is 0 Å². The molecule has 5 nitrogen and oxygen atoms in total. The summed E-state index contributed by atoms with van der Waals surface area (Å²) in [6.07, 6.45) is 8.46. The lowest BCUT2D eigenvalue weighted by atomic mass is 9.85. The largest absolute Gasteiger partial charge is 0.507 e. The maximum Gasteiger partial charge on any atom is 0.252 e. The van der Waals surface area contributed by atoms with E-state index in [1.165, 1.54) is 50.7 Å². The molecule has 0 saturated heterocycles. The number of aliphatic hydroxyl groups is 1. The van der Waals surface area contributed by atoms with Crippen LogP contribution in [0.5, 0.6) is 5.75 Å². The SMILES string of the molecule is CC(CCC1CCCCC1)NC[C@H](O)c1ccc(O)c(C(N)=O)c1. The van der Waals surface area contributed by atoms with Crippen LogP contribution in [-0.4, -0.2) is 28.7 Å². The lowest BCUT2D eigenvalue weighted by Crippen LogP contribution is -2.31. The van der Waals surface area contributed by atoms with Gasteiger partial charge in [-0.1, -0.05) is 38.2 Å². The quantitative estimate of drug-likeness (QED) is 0.588. The van der Waals surface area contributed by atoms with Crippen LogP contribution in [0.2, 0.25) is 0 Å². The smallest absolute Gasteiger partial charge is 0.252 e. The predicted molar refractivity (Wildman–Crippen MR) is 94.9 cm³/mol. The summed E-state index contributed by atoms with van der Waals surface area (Å²) in [5.41, 5.74) is 5.84. The number of nitrogens with one attached hydrogen (secondary N) is 1. The number of carbonyl (C=O) groups is 1. The van der Waals surface area contributed by atoms with Gasteiger partial charge in [0.15, 0.2) is 0 Å². The van der Waals surface area contributed by atoms with E-state index >= 15 is 0 Å². The van der Waals surface area contributed by atoms with Crippen molar-refractivity contribution in [1.82, 2.24) is 5.32 Å². The molecule has 1 aromatic carbocycles. The summed E-state index contributed by atoms with van der Waals surface area (Å²) < 4.78 is 0. The van der Waals surface area contributed by atoms with Crippen molar-refractivity contribution in [2.45, 2.75) is 64.0 Å². The van der Waals surface area contributed by atoms with E-state index in [-0.39, 0.29) is 11.3 Å². The molecule has 2 rings (SSSR count). The van der Waals surface area contributed by atoms with Gasteiger partial charge >= 0.3 is 0 Å². The predicted octanol–water partition coefficient (Wildman–Crippen LogP) is 2.86. The number of rotatable bonds is 8. The molecule has 5 heteroatoms. The summed E-state index contributed by atoms with van der Waals surface area (Å²) in [6, 6.07) is 4.80. The minimum absolute atomic E-state index is 0.0388. The van der Waals surface area contributed by atoms with E-state index in [4.69, 9.17) is 5.73 Å². The molecule has 0 aliphatic heterocycles. The fourth-order valence-electron chi connectivity index (χ4n) is 3.45. The maximum atomic E-state index is 11.3. The van der Waals surface area contributed by atoms with E-state index in [2.05, 4.69) is 12.2 Å². The van der Waals surface area contributed by atoms with Gasteiger partial charge in [0, 0.05) is 12.6 Å². The van der Waals surface area contributed by atoms with E-state index in [1.807, 2.05) is 0 Å². The van der Waals surface area contributed by atoms with Crippen LogP contribution in [0.1, 0.15) is 73.9 Å². The first kappa shape index (κ1) is 18.7. The molecule has 1 aromatic rings. The van der Waals surface area contributed by atoms with E-state index in [1.54, 1.807) is 6.07 Å². The van der Waals surface area contributed by atoms with E-state index in [9.17, 15) is 15.0 Å². The van der Waals surface area contributed by atoms with Crippen molar-refractivity contribution in [3.05, 3.63) is 29.3 Å². The zero-order valence-corrected chi connectivity index (χ0v) is 14.5. The highest BCUT2D eigenvalue weighted by Gasteiger charge is 2.16. The Bertz CT molecular complexity index is 541. The monoisotopic (exact) mass is 334 g/mol. The van der Waals surface area contributed by atoms with Crippen molar-refractivity contribution in [3.63, 3.8) is 0 Å². The summed E-state index contributed by atoms with van der Waals surface area (Å²) >= 11 is 0. The fraction of sp³-hybridized carbons (Fsp3) is 0.632. The van der Waals surface area contributed by atoms with Crippen molar-refractivity contribution in [3.8, 4) is 5.75 Å². The first-order valence-electron chi connectivity index (χ1n) is 9.01. The third kappa shape index (κ3) is 5.49. The molecule has 0 spiro atoms. The Kier molecular flexibility index (Phi) is 7.06. The number of aromatic hydroxyl groups is 1. The number of aliphatic hydroxyl groups excluding tert-OH is 1. The second-order valence-electron chi connectivity index (χ2n) is 7.05. The van der Waals surface area contributed by atoms with Gasteiger partial charge in [-0.05, 0) is 43.4 Å². The normalized spacial score (nSPS) is 18.2. The minimum atomic E-state index is -0.735. The maximum absolute atomic E-state index is 11.3. The first-order valence-corrected chi connectivity index (χ1v) is 9.01. The highest BCUT2D eigenvalue weighted by atomic mass is 16.3. The summed E-state index contributed by atoms with van der Waals surface area (Å²) in [5.74, 6) is 0.00534. The fourth-order valence-corrected chi connectivity index (χ4v) is 3.45. The molecular weight excluding hydrogens is 304 g/mol. The van der Waals surface area contributed by atoms with Crippen LogP contribution in [0.3, 0.4) is 0 Å². The van der Waals surface area contributed by atoms with Gasteiger partial charge in [-0.25, -0.2) is 0 Å². The molecule has 1 saturated carbocycles. The Hall–Kier alpha value is -1.59. The third-order valence-electron chi connectivity index (χ3n) is 5.06. The van der Waals surface area contributed by atoms with Gasteiger partial charge in [0.2, 0.25) is 0 Å². The molecule has 2 atom stereocenters. The second kappa shape index (κ2) is 9.04. The first-order chi connectivity index (χ1) is 11.5. The Morgan fingerprint density at radius 2 is 2.04 bits per heavy atom. The average Bonchev–Trinajstić information content (AvgIpc) is 2.59. The molecule has 1 unspecified atom stereocenters.